The number of hydrogen-bond acceptors (Lipinski definition) is 20. The largest absolute Gasteiger partial charge is 0.495 e. The molecule has 24 rings (SSSR count). The van der Waals surface area contributed by atoms with Crippen molar-refractivity contribution in [2.24, 2.45) is 11.8 Å². The van der Waals surface area contributed by atoms with E-state index in [2.05, 4.69) is 85.2 Å². The predicted octanol–water partition coefficient (Wildman–Crippen LogP) is 20.4. The fourth-order valence-electron chi connectivity index (χ4n) is 18.9. The van der Waals surface area contributed by atoms with Crippen molar-refractivity contribution in [1.82, 2.24) is 122 Å². The first-order valence-electron chi connectivity index (χ1n) is 49.0. The first-order chi connectivity index (χ1) is 70.3. The summed E-state index contributed by atoms with van der Waals surface area (Å²) in [4.78, 5) is 132. The third-order valence-electron chi connectivity index (χ3n) is 27.3. The number of carbonyl (C=O) groups is 5. The second-order valence-electron chi connectivity index (χ2n) is 37.0. The molecule has 18 aromatic rings. The number of aryl methyl sites for hydroxylation is 1. The molecule has 6 saturated heterocycles. The molecule has 0 spiro atoms. The molecule has 0 aliphatic carbocycles. The molecule has 15 aromatic heterocycles. The van der Waals surface area contributed by atoms with Gasteiger partial charge in [0.15, 0.2) is 5.82 Å². The zero-order valence-electron chi connectivity index (χ0n) is 80.7. The van der Waals surface area contributed by atoms with Crippen molar-refractivity contribution in [1.29, 1.82) is 0 Å². The van der Waals surface area contributed by atoms with Crippen LogP contribution in [0.1, 0.15) is 168 Å². The maximum atomic E-state index is 13.0. The minimum absolute atomic E-state index is 0. The molecule has 31 nitrogen and oxygen atoms in total. The van der Waals surface area contributed by atoms with Gasteiger partial charge >= 0.3 is 0 Å². The predicted molar refractivity (Wildman–Crippen MR) is 562 cm³/mol. The number of ether oxygens (including phenoxy) is 1. The van der Waals surface area contributed by atoms with Crippen LogP contribution in [0.25, 0.3) is 107 Å². The van der Waals surface area contributed by atoms with E-state index in [-0.39, 0.29) is 37.0 Å². The molecule has 6 aliphatic rings. The average molecular weight is 1980 g/mol. The molecular formula is C111H114Cl2FN25O6. The zero-order valence-corrected chi connectivity index (χ0v) is 82.2. The fourth-order valence-corrected chi connectivity index (χ4v) is 19.3. The highest BCUT2D eigenvalue weighted by atomic mass is 35.5. The number of fused-ring (bicyclic) bond motifs is 6. The number of halogens is 3. The number of imidazole rings is 2. The van der Waals surface area contributed by atoms with Gasteiger partial charge in [-0.25, -0.2) is 59.2 Å². The van der Waals surface area contributed by atoms with Crippen LogP contribution in [-0.2, 0) is 0 Å². The summed E-state index contributed by atoms with van der Waals surface area (Å²) in [5.41, 5.74) is 14.7. The Balaban J connectivity index is 0.000000114. The van der Waals surface area contributed by atoms with Crippen LogP contribution >= 0.6 is 23.2 Å². The van der Waals surface area contributed by atoms with Crippen LogP contribution in [0.2, 0.25) is 10.0 Å². The molecule has 740 valence electrons. The highest BCUT2D eigenvalue weighted by molar-refractivity contribution is 6.35. The molecule has 6 fully saturated rings. The Labute approximate surface area is 849 Å². The van der Waals surface area contributed by atoms with Crippen molar-refractivity contribution in [2.45, 2.75) is 118 Å². The van der Waals surface area contributed by atoms with Crippen LogP contribution in [0.5, 0.6) is 5.75 Å². The van der Waals surface area contributed by atoms with Gasteiger partial charge in [-0.1, -0.05) is 69.3 Å². The number of likely N-dealkylation sites (tertiary alicyclic amines) is 6. The Kier molecular flexibility index (Phi) is 31.2. The highest BCUT2D eigenvalue weighted by Crippen LogP contribution is 2.35. The number of rotatable bonds is 14. The lowest BCUT2D eigenvalue weighted by Crippen LogP contribution is -2.46. The van der Waals surface area contributed by atoms with Gasteiger partial charge in [-0.05, 0) is 241 Å². The summed E-state index contributed by atoms with van der Waals surface area (Å²) in [6, 6.07) is 46.1. The smallest absolute Gasteiger partial charge is 0.255 e. The summed E-state index contributed by atoms with van der Waals surface area (Å²) in [7, 11) is 1.62. The van der Waals surface area contributed by atoms with E-state index in [9.17, 15) is 28.4 Å². The number of hydrogen-bond donors (Lipinski definition) is 0. The van der Waals surface area contributed by atoms with E-state index in [0.717, 1.165) is 242 Å². The Morgan fingerprint density at radius 3 is 1.47 bits per heavy atom. The van der Waals surface area contributed by atoms with E-state index in [1.165, 1.54) is 25.6 Å². The van der Waals surface area contributed by atoms with Gasteiger partial charge in [0.05, 0.1) is 93.8 Å². The monoisotopic (exact) mass is 1980 g/mol. The van der Waals surface area contributed by atoms with E-state index in [4.69, 9.17) is 27.9 Å². The summed E-state index contributed by atoms with van der Waals surface area (Å²) in [5.74, 6) is 5.55. The molecule has 21 heterocycles. The van der Waals surface area contributed by atoms with Gasteiger partial charge in [0.2, 0.25) is 0 Å². The summed E-state index contributed by atoms with van der Waals surface area (Å²) < 4.78 is 29.7. The van der Waals surface area contributed by atoms with Crippen LogP contribution in [0.3, 0.4) is 0 Å². The van der Waals surface area contributed by atoms with E-state index < -0.39 is 6.17 Å². The van der Waals surface area contributed by atoms with Crippen LogP contribution in [0.4, 0.5) is 4.39 Å². The van der Waals surface area contributed by atoms with Gasteiger partial charge in [0, 0.05) is 190 Å². The molecular weight excluding hydrogens is 1870 g/mol. The van der Waals surface area contributed by atoms with Gasteiger partial charge in [0.1, 0.15) is 70.9 Å². The fraction of sp³-hybridized carbons (Fsp3) is 0.297. The normalized spacial score (nSPS) is 15.1. The molecule has 5 amide bonds. The van der Waals surface area contributed by atoms with Crippen LogP contribution < -0.4 is 4.74 Å². The first-order valence-corrected chi connectivity index (χ1v) is 49.7. The molecule has 145 heavy (non-hydrogen) atoms. The maximum absolute atomic E-state index is 13.0. The minimum atomic E-state index is -0.738. The number of piperidine rings is 5. The van der Waals surface area contributed by atoms with E-state index >= 15 is 0 Å². The SMILES string of the molecule is C.C=C(c1ccc2c(c1)ncn2-c1cccc(Cl)c1)N1CC(F)C1.CC1CCN(C(=O)c2cnc3c(c2)c(Cl)cn3-c2cccnc2)CC1.COc1ccc(-n2cnc3cc(C(=O)N4CCCCC4)ccc32)nc1.Cc1c(C(=O)N2CCC(C)CC2)cnc2c1ccn2-c1cnccn1.O=C(c1cnc2c(ccn2-c2ccccn2)c1)N1CCCCC1.O=C(c1cnc2c(ccn2-c2ccncn2)c1)N1CCCCC1. The van der Waals surface area contributed by atoms with Gasteiger partial charge in [-0.3, -0.25) is 61.3 Å². The molecule has 3 aromatic carbocycles. The number of nitrogens with zero attached hydrogens (tertiary/aromatic N) is 25. The molecule has 0 bridgehead atoms. The summed E-state index contributed by atoms with van der Waals surface area (Å²) in [6.45, 7) is 19.8. The van der Waals surface area contributed by atoms with E-state index in [1.54, 1.807) is 94.1 Å². The number of amides is 5. The number of alkyl halides is 1. The average Bonchev–Trinajstić information content (AvgIpc) is 1.62. The summed E-state index contributed by atoms with van der Waals surface area (Å²) in [6.07, 6.45) is 46.6. The lowest BCUT2D eigenvalue weighted by atomic mass is 9.98. The molecule has 0 N–H and O–H groups in total. The quantitative estimate of drug-likeness (QED) is 0.0976. The maximum Gasteiger partial charge on any atom is 0.255 e. The Hall–Kier alpha value is -15.8. The highest BCUT2D eigenvalue weighted by Gasteiger charge is 2.31. The van der Waals surface area contributed by atoms with Gasteiger partial charge in [-0.2, -0.15) is 0 Å². The standard InChI is InChI=1S/C19H19ClN4O.C19H21N5O.C19H20N4O2.C18H15ClFN3.C18H18N4O.C17H17N5O.CH4/c1-13-4-7-23(8-5-13)19(25)14-9-16-17(20)12-24(18(16)22-10-14)15-3-2-6-21-11-15;1-13-3-8-23(9-4-13)19(25)16-11-22-18-15(14(16)2)5-10-24(18)17-12-20-6-7-21-17;1-25-15-6-8-18(20-12-15)23-13-21-16-11-14(5-7-17(16)23)19(24)22-9-3-2-4-10-22;1-12(22-9-15(20)10-22)13-5-6-18-17(7-13)21-11-23(18)16-4-2-3-14(19)8-16;23-18(21-9-4-1-5-10-21)15-12-14-7-11-22(17(14)20-13-15)16-6-2-3-8-19-16;23-17(21-7-2-1-3-8-21)14-10-13-5-9-22(16(13)19-11-14)15-4-6-18-12-20-15;/h2-3,6,9-13H,4-5,7-8H2,1H3;5-7,10-13H,3-4,8-9H2,1-2H3;5-8,11-13H,2-4,9-10H2,1H3;2-8,11,15H,1,9-10H2;2-3,6-8,11-13H,1,4-5,9-10H2;4-6,9-12H,1-3,7-8H2;1H4. The van der Waals surface area contributed by atoms with Crippen molar-refractivity contribution >= 4 is 125 Å². The van der Waals surface area contributed by atoms with Crippen molar-refractivity contribution in [2.75, 3.05) is 85.6 Å². The van der Waals surface area contributed by atoms with E-state index in [0.29, 0.717) is 74.4 Å². The molecule has 0 unspecified atom stereocenters. The second-order valence-corrected chi connectivity index (χ2v) is 37.8. The summed E-state index contributed by atoms with van der Waals surface area (Å²) >= 11 is 12.5. The van der Waals surface area contributed by atoms with Gasteiger partial charge in [0.25, 0.3) is 29.5 Å². The molecule has 0 saturated carbocycles. The van der Waals surface area contributed by atoms with Crippen molar-refractivity contribution in [3.8, 4) is 40.4 Å². The number of methoxy groups -OCH3 is 1. The lowest BCUT2D eigenvalue weighted by molar-refractivity contribution is 0.0689. The lowest BCUT2D eigenvalue weighted by Gasteiger charge is -2.37. The Morgan fingerprint density at radius 2 is 0.910 bits per heavy atom. The second kappa shape index (κ2) is 45.6. The molecule has 0 atom stereocenters. The number of aromatic nitrogens is 19. The third-order valence-corrected chi connectivity index (χ3v) is 27.8. The van der Waals surface area contributed by atoms with Crippen LogP contribution in [0, 0.1) is 18.8 Å². The topological polar surface area (TPSA) is 311 Å². The third kappa shape index (κ3) is 22.5. The number of pyridine rings is 7. The molecule has 0 radical (unpaired) electrons. The van der Waals surface area contributed by atoms with Gasteiger partial charge in [-0.15, -0.1) is 0 Å². The van der Waals surface area contributed by atoms with Crippen molar-refractivity contribution < 1.29 is 33.1 Å². The van der Waals surface area contributed by atoms with E-state index in [1.807, 2.05) is 234 Å². The van der Waals surface area contributed by atoms with Crippen LogP contribution in [-0.4, -0.2) is 243 Å². The van der Waals surface area contributed by atoms with Crippen LogP contribution in [0.15, 0.2) is 270 Å². The Bertz CT molecular complexity index is 7460. The van der Waals surface area contributed by atoms with Crippen molar-refractivity contribution in [3.63, 3.8) is 0 Å². The molecule has 6 aliphatic heterocycles. The zero-order chi connectivity index (χ0) is 99.3. The molecule has 34 heteroatoms. The summed E-state index contributed by atoms with van der Waals surface area (Å²) in [5, 5.41) is 4.91. The number of benzene rings is 3. The number of carbonyl (C=O) groups excluding carboxylic acids is 5. The van der Waals surface area contributed by atoms with Crippen molar-refractivity contribution in [3.05, 3.63) is 319 Å². The first kappa shape index (κ1) is 99.3. The minimum Gasteiger partial charge on any atom is -0.495 e. The van der Waals surface area contributed by atoms with Gasteiger partial charge < -0.3 is 34.1 Å². The Morgan fingerprint density at radius 1 is 0.386 bits per heavy atom.